The molecular weight excluding hydrogens is 340 g/mol. The van der Waals surface area contributed by atoms with Crippen molar-refractivity contribution >= 4 is 27.5 Å². The highest BCUT2D eigenvalue weighted by Crippen LogP contribution is 2.32. The van der Waals surface area contributed by atoms with E-state index in [-0.39, 0.29) is 23.7 Å². The molecule has 1 aromatic rings. The van der Waals surface area contributed by atoms with Crippen LogP contribution in [0.1, 0.15) is 29.6 Å². The molecule has 6 nitrogen and oxygen atoms in total. The van der Waals surface area contributed by atoms with Gasteiger partial charge < -0.3 is 9.64 Å². The molecule has 1 aliphatic heterocycles. The van der Waals surface area contributed by atoms with Crippen molar-refractivity contribution in [2.75, 3.05) is 13.2 Å². The molecule has 1 heterocycles. The van der Waals surface area contributed by atoms with Gasteiger partial charge in [-0.1, -0.05) is 0 Å². The molecule has 1 saturated heterocycles. The number of morpholine rings is 1. The summed E-state index contributed by atoms with van der Waals surface area (Å²) in [5.41, 5.74) is 0.273. The highest BCUT2D eigenvalue weighted by molar-refractivity contribution is 9.10. The first kappa shape index (κ1) is 14.5. The predicted octanol–water partition coefficient (Wildman–Crippen LogP) is 2.75. The molecule has 1 aliphatic carbocycles. The van der Waals surface area contributed by atoms with Crippen molar-refractivity contribution in [1.82, 2.24) is 4.90 Å². The SMILES string of the molecule is O=C(c1cc([N+](=O)[O-])ccc1Br)N1CCOC2CCCC21. The molecule has 0 spiro atoms. The van der Waals surface area contributed by atoms with Crippen LogP contribution in [0.5, 0.6) is 0 Å². The Morgan fingerprint density at radius 3 is 3.00 bits per heavy atom. The summed E-state index contributed by atoms with van der Waals surface area (Å²) in [5, 5.41) is 10.9. The summed E-state index contributed by atoms with van der Waals surface area (Å²) in [4.78, 5) is 25.0. The van der Waals surface area contributed by atoms with Crippen molar-refractivity contribution in [2.24, 2.45) is 0 Å². The third-order valence-electron chi connectivity index (χ3n) is 4.13. The fourth-order valence-electron chi connectivity index (χ4n) is 3.12. The second-order valence-electron chi connectivity index (χ2n) is 5.33. The van der Waals surface area contributed by atoms with Gasteiger partial charge in [0.2, 0.25) is 0 Å². The number of rotatable bonds is 2. The Labute approximate surface area is 130 Å². The monoisotopic (exact) mass is 354 g/mol. The minimum atomic E-state index is -0.485. The zero-order valence-electron chi connectivity index (χ0n) is 11.3. The first-order valence-corrected chi connectivity index (χ1v) is 7.74. The van der Waals surface area contributed by atoms with E-state index in [0.717, 1.165) is 19.3 Å². The first-order valence-electron chi connectivity index (χ1n) is 6.94. The third kappa shape index (κ3) is 2.67. The zero-order chi connectivity index (χ0) is 15.0. The Balaban J connectivity index is 1.90. The summed E-state index contributed by atoms with van der Waals surface area (Å²) in [6, 6.07) is 4.37. The molecule has 2 atom stereocenters. The van der Waals surface area contributed by atoms with Gasteiger partial charge in [-0.05, 0) is 41.3 Å². The highest BCUT2D eigenvalue weighted by Gasteiger charge is 2.39. The Kier molecular flexibility index (Phi) is 3.95. The molecule has 21 heavy (non-hydrogen) atoms. The van der Waals surface area contributed by atoms with Crippen LogP contribution in [-0.2, 0) is 4.74 Å². The van der Waals surface area contributed by atoms with E-state index in [1.165, 1.54) is 12.1 Å². The molecule has 112 valence electrons. The van der Waals surface area contributed by atoms with E-state index in [9.17, 15) is 14.9 Å². The number of hydrogen-bond donors (Lipinski definition) is 0. The highest BCUT2D eigenvalue weighted by atomic mass is 79.9. The topological polar surface area (TPSA) is 72.7 Å². The van der Waals surface area contributed by atoms with Gasteiger partial charge in [-0.3, -0.25) is 14.9 Å². The molecule has 1 saturated carbocycles. The van der Waals surface area contributed by atoms with Crippen LogP contribution in [0.25, 0.3) is 0 Å². The maximum Gasteiger partial charge on any atom is 0.270 e. The van der Waals surface area contributed by atoms with Gasteiger partial charge in [-0.15, -0.1) is 0 Å². The Morgan fingerprint density at radius 2 is 2.24 bits per heavy atom. The second kappa shape index (κ2) is 5.73. The smallest absolute Gasteiger partial charge is 0.270 e. The number of halogens is 1. The van der Waals surface area contributed by atoms with Crippen molar-refractivity contribution in [1.29, 1.82) is 0 Å². The number of benzene rings is 1. The Bertz CT molecular complexity index is 592. The fraction of sp³-hybridized carbons (Fsp3) is 0.500. The molecule has 1 amide bonds. The second-order valence-corrected chi connectivity index (χ2v) is 6.18. The number of hydrogen-bond acceptors (Lipinski definition) is 4. The summed E-state index contributed by atoms with van der Waals surface area (Å²) in [6.07, 6.45) is 3.07. The van der Waals surface area contributed by atoms with Crippen molar-refractivity contribution in [3.05, 3.63) is 38.3 Å². The number of fused-ring (bicyclic) bond motifs is 1. The summed E-state index contributed by atoms with van der Waals surface area (Å²) in [6.45, 7) is 1.06. The lowest BCUT2D eigenvalue weighted by Crippen LogP contribution is -2.51. The van der Waals surface area contributed by atoms with Crippen molar-refractivity contribution < 1.29 is 14.5 Å². The minimum absolute atomic E-state index is 0.0715. The molecule has 2 unspecified atom stereocenters. The van der Waals surface area contributed by atoms with Crippen LogP contribution < -0.4 is 0 Å². The molecule has 0 N–H and O–H groups in total. The molecule has 1 aromatic carbocycles. The van der Waals surface area contributed by atoms with E-state index in [4.69, 9.17) is 4.74 Å². The van der Waals surface area contributed by atoms with Gasteiger partial charge >= 0.3 is 0 Å². The molecule has 0 aromatic heterocycles. The van der Waals surface area contributed by atoms with Gasteiger partial charge in [0, 0.05) is 23.2 Å². The number of ether oxygens (including phenoxy) is 1. The normalized spacial score (nSPS) is 24.7. The molecule has 7 heteroatoms. The zero-order valence-corrected chi connectivity index (χ0v) is 12.9. The van der Waals surface area contributed by atoms with Crippen molar-refractivity contribution in [3.63, 3.8) is 0 Å². The average molecular weight is 355 g/mol. The van der Waals surface area contributed by atoms with E-state index in [2.05, 4.69) is 15.9 Å². The van der Waals surface area contributed by atoms with Crippen LogP contribution in [0.4, 0.5) is 5.69 Å². The number of nitro groups is 1. The largest absolute Gasteiger partial charge is 0.374 e. The fourth-order valence-corrected chi connectivity index (χ4v) is 3.54. The predicted molar refractivity (Wildman–Crippen MR) is 79.2 cm³/mol. The maximum absolute atomic E-state index is 12.8. The van der Waals surface area contributed by atoms with Crippen LogP contribution in [0.3, 0.4) is 0 Å². The summed E-state index contributed by atoms with van der Waals surface area (Å²) in [7, 11) is 0. The maximum atomic E-state index is 12.8. The molecular formula is C14H15BrN2O4. The molecule has 0 bridgehead atoms. The molecule has 3 rings (SSSR count). The number of nitro benzene ring substituents is 1. The number of non-ortho nitro benzene ring substituents is 1. The third-order valence-corrected chi connectivity index (χ3v) is 4.83. The Morgan fingerprint density at radius 1 is 1.43 bits per heavy atom. The summed E-state index contributed by atoms with van der Waals surface area (Å²) >= 11 is 3.32. The molecule has 0 radical (unpaired) electrons. The van der Waals surface area contributed by atoms with Crippen molar-refractivity contribution in [2.45, 2.75) is 31.4 Å². The minimum Gasteiger partial charge on any atom is -0.374 e. The van der Waals surface area contributed by atoms with Gasteiger partial charge in [-0.25, -0.2) is 0 Å². The van der Waals surface area contributed by atoms with E-state index in [1.54, 1.807) is 6.07 Å². The number of carbonyl (C=O) groups is 1. The van der Waals surface area contributed by atoms with Crippen LogP contribution in [0.2, 0.25) is 0 Å². The lowest BCUT2D eigenvalue weighted by Gasteiger charge is -2.37. The molecule has 2 aliphatic rings. The van der Waals surface area contributed by atoms with E-state index < -0.39 is 4.92 Å². The number of amides is 1. The van der Waals surface area contributed by atoms with Crippen LogP contribution in [0.15, 0.2) is 22.7 Å². The van der Waals surface area contributed by atoms with Gasteiger partial charge in [0.1, 0.15) is 0 Å². The lowest BCUT2D eigenvalue weighted by atomic mass is 10.1. The average Bonchev–Trinajstić information content (AvgIpc) is 2.95. The van der Waals surface area contributed by atoms with Crippen LogP contribution >= 0.6 is 15.9 Å². The van der Waals surface area contributed by atoms with Crippen LogP contribution in [-0.4, -0.2) is 41.0 Å². The Hall–Kier alpha value is -1.47. The van der Waals surface area contributed by atoms with E-state index >= 15 is 0 Å². The molecule has 2 fully saturated rings. The van der Waals surface area contributed by atoms with Crippen LogP contribution in [0, 0.1) is 10.1 Å². The van der Waals surface area contributed by atoms with Gasteiger partial charge in [0.15, 0.2) is 0 Å². The number of nitrogens with zero attached hydrogens (tertiary/aromatic N) is 2. The van der Waals surface area contributed by atoms with Gasteiger partial charge in [0.25, 0.3) is 11.6 Å². The van der Waals surface area contributed by atoms with E-state index in [0.29, 0.717) is 23.2 Å². The summed E-state index contributed by atoms with van der Waals surface area (Å²) in [5.74, 6) is -0.161. The first-order chi connectivity index (χ1) is 10.1. The quantitative estimate of drug-likeness (QED) is 0.604. The van der Waals surface area contributed by atoms with Gasteiger partial charge in [0.05, 0.1) is 29.2 Å². The number of carbonyl (C=O) groups excluding carboxylic acids is 1. The van der Waals surface area contributed by atoms with Crippen molar-refractivity contribution in [3.8, 4) is 0 Å². The summed E-state index contributed by atoms with van der Waals surface area (Å²) < 4.78 is 6.28. The lowest BCUT2D eigenvalue weighted by molar-refractivity contribution is -0.384. The van der Waals surface area contributed by atoms with E-state index in [1.807, 2.05) is 4.90 Å². The van der Waals surface area contributed by atoms with Gasteiger partial charge in [-0.2, -0.15) is 0 Å². The standard InChI is InChI=1S/C14H15BrN2O4/c15-11-5-4-9(17(19)20)8-10(11)14(18)16-6-7-21-13-3-1-2-12(13)16/h4-5,8,12-13H,1-3,6-7H2.